The number of rotatable bonds is 6. The van der Waals surface area contributed by atoms with Gasteiger partial charge in [0.15, 0.2) is 5.75 Å². The first-order valence-electron chi connectivity index (χ1n) is 8.50. The Hall–Kier alpha value is -2.51. The van der Waals surface area contributed by atoms with Gasteiger partial charge in [0, 0.05) is 17.5 Å². The van der Waals surface area contributed by atoms with E-state index in [1.165, 1.54) is 6.33 Å². The zero-order valence-corrected chi connectivity index (χ0v) is 14.2. The maximum absolute atomic E-state index is 12.4. The molecule has 1 amide bonds. The average molecular weight is 342 g/mol. The minimum Gasteiger partial charge on any atom is -0.337 e. The molecule has 1 aromatic carbocycles. The summed E-state index contributed by atoms with van der Waals surface area (Å²) in [6.07, 6.45) is 3.12. The van der Waals surface area contributed by atoms with Crippen molar-refractivity contribution in [2.24, 2.45) is 5.92 Å². The quantitative estimate of drug-likeness (QED) is 0.619. The van der Waals surface area contributed by atoms with Crippen LogP contribution in [-0.4, -0.2) is 35.6 Å². The van der Waals surface area contributed by atoms with Gasteiger partial charge in [0.2, 0.25) is 5.91 Å². The van der Waals surface area contributed by atoms with E-state index in [0.717, 1.165) is 31.5 Å². The van der Waals surface area contributed by atoms with Crippen molar-refractivity contribution in [2.75, 3.05) is 25.0 Å². The SMILES string of the molecule is CCOOc1ccccc1-c1cc(NC(=O)C2CCNCC2)ncn1. The van der Waals surface area contributed by atoms with Crippen molar-refractivity contribution < 1.29 is 14.6 Å². The summed E-state index contributed by atoms with van der Waals surface area (Å²) in [4.78, 5) is 31.2. The molecule has 0 unspecified atom stereocenters. The van der Waals surface area contributed by atoms with E-state index in [1.54, 1.807) is 12.1 Å². The highest BCUT2D eigenvalue weighted by Gasteiger charge is 2.21. The number of anilines is 1. The molecule has 1 aliphatic heterocycles. The van der Waals surface area contributed by atoms with Gasteiger partial charge in [0.25, 0.3) is 0 Å². The fourth-order valence-corrected chi connectivity index (χ4v) is 2.76. The lowest BCUT2D eigenvalue weighted by Gasteiger charge is -2.21. The minimum atomic E-state index is 0.00463. The summed E-state index contributed by atoms with van der Waals surface area (Å²) in [5, 5.41) is 6.15. The van der Waals surface area contributed by atoms with Crippen LogP contribution in [0.5, 0.6) is 5.75 Å². The zero-order valence-electron chi connectivity index (χ0n) is 14.2. The average Bonchev–Trinajstić information content (AvgIpc) is 2.67. The third kappa shape index (κ3) is 4.52. The molecular weight excluding hydrogens is 320 g/mol. The van der Waals surface area contributed by atoms with Crippen molar-refractivity contribution in [1.82, 2.24) is 15.3 Å². The maximum Gasteiger partial charge on any atom is 0.228 e. The van der Waals surface area contributed by atoms with Gasteiger partial charge in [-0.05, 0) is 45.0 Å². The second-order valence-electron chi connectivity index (χ2n) is 5.79. The molecule has 1 saturated heterocycles. The molecule has 0 aliphatic carbocycles. The van der Waals surface area contributed by atoms with E-state index in [2.05, 4.69) is 20.6 Å². The monoisotopic (exact) mass is 342 g/mol. The Morgan fingerprint density at radius 3 is 2.88 bits per heavy atom. The van der Waals surface area contributed by atoms with Gasteiger partial charge in [0.1, 0.15) is 12.1 Å². The molecule has 2 N–H and O–H groups in total. The first-order valence-corrected chi connectivity index (χ1v) is 8.50. The predicted molar refractivity (Wildman–Crippen MR) is 93.9 cm³/mol. The number of carbonyl (C=O) groups is 1. The predicted octanol–water partition coefficient (Wildman–Crippen LogP) is 2.41. The topological polar surface area (TPSA) is 85.4 Å². The Bertz CT molecular complexity index is 717. The second-order valence-corrected chi connectivity index (χ2v) is 5.79. The number of para-hydroxylation sites is 1. The normalized spacial score (nSPS) is 14.9. The molecule has 1 fully saturated rings. The lowest BCUT2D eigenvalue weighted by molar-refractivity contribution is -0.201. The Morgan fingerprint density at radius 2 is 2.08 bits per heavy atom. The van der Waals surface area contributed by atoms with E-state index in [-0.39, 0.29) is 11.8 Å². The third-order valence-electron chi connectivity index (χ3n) is 4.06. The van der Waals surface area contributed by atoms with Crippen LogP contribution in [0.3, 0.4) is 0 Å². The van der Waals surface area contributed by atoms with Crippen molar-refractivity contribution in [3.05, 3.63) is 36.7 Å². The molecule has 3 rings (SSSR count). The number of benzene rings is 1. The highest BCUT2D eigenvalue weighted by Crippen LogP contribution is 2.29. The number of piperidine rings is 1. The Balaban J connectivity index is 1.76. The lowest BCUT2D eigenvalue weighted by atomic mass is 9.97. The van der Waals surface area contributed by atoms with Crippen molar-refractivity contribution in [2.45, 2.75) is 19.8 Å². The largest absolute Gasteiger partial charge is 0.337 e. The molecule has 2 aromatic rings. The number of amides is 1. The molecule has 7 nitrogen and oxygen atoms in total. The van der Waals surface area contributed by atoms with Crippen molar-refractivity contribution in [3.8, 4) is 17.0 Å². The molecule has 0 spiro atoms. The number of hydrogen-bond acceptors (Lipinski definition) is 6. The Labute approximate surface area is 146 Å². The summed E-state index contributed by atoms with van der Waals surface area (Å²) in [6, 6.07) is 9.19. The molecule has 1 aliphatic rings. The molecule has 2 heterocycles. The van der Waals surface area contributed by atoms with Gasteiger partial charge in [-0.15, -0.1) is 0 Å². The highest BCUT2D eigenvalue weighted by atomic mass is 17.2. The fraction of sp³-hybridized carbons (Fsp3) is 0.389. The summed E-state index contributed by atoms with van der Waals surface area (Å²) in [6.45, 7) is 4.03. The standard InChI is InChI=1S/C18H22N4O3/c1-2-24-25-16-6-4-3-5-14(16)15-11-17(21-12-20-15)22-18(23)13-7-9-19-10-8-13/h3-6,11-13,19H,2,7-10H2,1H3,(H,20,21,22,23). The van der Waals surface area contributed by atoms with Gasteiger partial charge in [-0.3, -0.25) is 4.79 Å². The van der Waals surface area contributed by atoms with Crippen LogP contribution >= 0.6 is 0 Å². The van der Waals surface area contributed by atoms with E-state index >= 15 is 0 Å². The number of carbonyl (C=O) groups excluding carboxylic acids is 1. The van der Waals surface area contributed by atoms with Crippen LogP contribution in [0.4, 0.5) is 5.82 Å². The minimum absolute atomic E-state index is 0.00463. The Kier molecular flexibility index (Phi) is 5.92. The van der Waals surface area contributed by atoms with Gasteiger partial charge < -0.3 is 15.5 Å². The van der Waals surface area contributed by atoms with Gasteiger partial charge >= 0.3 is 0 Å². The summed E-state index contributed by atoms with van der Waals surface area (Å²) in [5.41, 5.74) is 1.43. The van der Waals surface area contributed by atoms with Crippen molar-refractivity contribution in [3.63, 3.8) is 0 Å². The van der Waals surface area contributed by atoms with E-state index in [0.29, 0.717) is 23.9 Å². The van der Waals surface area contributed by atoms with Crippen LogP contribution in [0.1, 0.15) is 19.8 Å². The van der Waals surface area contributed by atoms with E-state index in [4.69, 9.17) is 9.78 Å². The number of nitrogens with one attached hydrogen (secondary N) is 2. The summed E-state index contributed by atoms with van der Waals surface area (Å²) in [5.74, 6) is 1.08. The molecule has 7 heteroatoms. The number of hydrogen-bond donors (Lipinski definition) is 2. The van der Waals surface area contributed by atoms with E-state index < -0.39 is 0 Å². The molecule has 25 heavy (non-hydrogen) atoms. The zero-order chi connectivity index (χ0) is 17.5. The van der Waals surface area contributed by atoms with Crippen LogP contribution in [0, 0.1) is 5.92 Å². The first kappa shape index (κ1) is 17.3. The smallest absolute Gasteiger partial charge is 0.228 e. The first-order chi connectivity index (χ1) is 12.3. The van der Waals surface area contributed by atoms with Crippen LogP contribution in [0.2, 0.25) is 0 Å². The van der Waals surface area contributed by atoms with Crippen LogP contribution < -0.4 is 15.5 Å². The van der Waals surface area contributed by atoms with Gasteiger partial charge in [0.05, 0.1) is 12.3 Å². The molecule has 132 valence electrons. The highest BCUT2D eigenvalue weighted by molar-refractivity contribution is 5.92. The number of nitrogens with zero attached hydrogens (tertiary/aromatic N) is 2. The van der Waals surface area contributed by atoms with Gasteiger partial charge in [-0.1, -0.05) is 12.1 Å². The van der Waals surface area contributed by atoms with Crippen LogP contribution in [-0.2, 0) is 9.68 Å². The molecular formula is C18H22N4O3. The molecule has 1 aromatic heterocycles. The van der Waals surface area contributed by atoms with E-state index in [9.17, 15) is 4.79 Å². The third-order valence-corrected chi connectivity index (χ3v) is 4.06. The van der Waals surface area contributed by atoms with Crippen LogP contribution in [0.15, 0.2) is 36.7 Å². The molecule has 0 atom stereocenters. The molecule has 0 radical (unpaired) electrons. The van der Waals surface area contributed by atoms with Crippen molar-refractivity contribution in [1.29, 1.82) is 0 Å². The van der Waals surface area contributed by atoms with Crippen LogP contribution in [0.25, 0.3) is 11.3 Å². The summed E-state index contributed by atoms with van der Waals surface area (Å²) >= 11 is 0. The lowest BCUT2D eigenvalue weighted by Crippen LogP contribution is -2.34. The summed E-state index contributed by atoms with van der Waals surface area (Å²) < 4.78 is 0. The number of aromatic nitrogens is 2. The Morgan fingerprint density at radius 1 is 1.28 bits per heavy atom. The second kappa shape index (κ2) is 8.55. The van der Waals surface area contributed by atoms with Gasteiger partial charge in [-0.25, -0.2) is 9.97 Å². The van der Waals surface area contributed by atoms with Gasteiger partial charge in [-0.2, -0.15) is 4.89 Å². The van der Waals surface area contributed by atoms with E-state index in [1.807, 2.05) is 25.1 Å². The molecule has 0 bridgehead atoms. The molecule has 0 saturated carbocycles. The fourth-order valence-electron chi connectivity index (χ4n) is 2.76. The maximum atomic E-state index is 12.4. The summed E-state index contributed by atoms with van der Waals surface area (Å²) in [7, 11) is 0. The van der Waals surface area contributed by atoms with Crippen molar-refractivity contribution >= 4 is 11.7 Å².